The molecule has 172 valence electrons. The molecule has 1 fully saturated rings. The molecular formula is C24H31N3O5. The van der Waals surface area contributed by atoms with Crippen LogP contribution in [0.1, 0.15) is 18.4 Å². The molecule has 32 heavy (non-hydrogen) atoms. The molecule has 4 rings (SSSR count). The van der Waals surface area contributed by atoms with Crippen molar-refractivity contribution in [3.05, 3.63) is 42.0 Å². The van der Waals surface area contributed by atoms with E-state index in [4.69, 9.17) is 18.9 Å². The van der Waals surface area contributed by atoms with Crippen LogP contribution in [-0.4, -0.2) is 69.6 Å². The molecule has 2 aromatic rings. The maximum atomic E-state index is 12.8. The highest BCUT2D eigenvalue weighted by Crippen LogP contribution is 2.34. The third-order valence-corrected chi connectivity index (χ3v) is 6.13. The first-order valence-corrected chi connectivity index (χ1v) is 10.9. The molecule has 2 heterocycles. The molecule has 0 saturated carbocycles. The van der Waals surface area contributed by atoms with Gasteiger partial charge >= 0.3 is 6.03 Å². The summed E-state index contributed by atoms with van der Waals surface area (Å²) in [6, 6.07) is 11.7. The van der Waals surface area contributed by atoms with Gasteiger partial charge in [0.05, 0.1) is 14.2 Å². The van der Waals surface area contributed by atoms with E-state index in [2.05, 4.69) is 23.3 Å². The summed E-state index contributed by atoms with van der Waals surface area (Å²) >= 11 is 0. The Kier molecular flexibility index (Phi) is 6.90. The number of hydrogen-bond acceptors (Lipinski definition) is 6. The standard InChI is InChI=1S/C24H31N3O5/c1-26(12-10-17-6-8-20(29-2)22(13-17)30-3)19-5-4-11-27(15-19)24(28)25-18-7-9-21-23(14-18)32-16-31-21/h6-9,13-14,19H,4-5,10-12,15-16H2,1-3H3,(H,25,28)/t19-/m1/s1. The summed E-state index contributed by atoms with van der Waals surface area (Å²) in [6.45, 7) is 2.59. The number of carbonyl (C=O) groups is 1. The molecule has 0 bridgehead atoms. The van der Waals surface area contributed by atoms with Crippen LogP contribution in [0.3, 0.4) is 0 Å². The van der Waals surface area contributed by atoms with Crippen LogP contribution in [0.15, 0.2) is 36.4 Å². The fourth-order valence-electron chi connectivity index (χ4n) is 4.20. The van der Waals surface area contributed by atoms with Crippen molar-refractivity contribution in [2.24, 2.45) is 0 Å². The van der Waals surface area contributed by atoms with Crippen molar-refractivity contribution in [3.63, 3.8) is 0 Å². The highest BCUT2D eigenvalue weighted by atomic mass is 16.7. The summed E-state index contributed by atoms with van der Waals surface area (Å²) in [6.07, 6.45) is 2.97. The second kappa shape index (κ2) is 9.99. The topological polar surface area (TPSA) is 72.5 Å². The number of likely N-dealkylation sites (N-methyl/N-ethyl adjacent to an activating group) is 1. The van der Waals surface area contributed by atoms with E-state index >= 15 is 0 Å². The number of hydrogen-bond donors (Lipinski definition) is 1. The average molecular weight is 442 g/mol. The summed E-state index contributed by atoms with van der Waals surface area (Å²) in [4.78, 5) is 17.1. The molecule has 0 aromatic heterocycles. The van der Waals surface area contributed by atoms with Gasteiger partial charge in [-0.2, -0.15) is 0 Å². The number of ether oxygens (including phenoxy) is 4. The van der Waals surface area contributed by atoms with Crippen LogP contribution in [0.2, 0.25) is 0 Å². The lowest BCUT2D eigenvalue weighted by atomic mass is 10.0. The Labute approximate surface area is 189 Å². The third kappa shape index (κ3) is 5.02. The Morgan fingerprint density at radius 1 is 1.12 bits per heavy atom. The maximum Gasteiger partial charge on any atom is 0.321 e. The third-order valence-electron chi connectivity index (χ3n) is 6.13. The summed E-state index contributed by atoms with van der Waals surface area (Å²) in [5.74, 6) is 2.85. The molecule has 1 atom stereocenters. The number of nitrogens with zero attached hydrogens (tertiary/aromatic N) is 2. The minimum Gasteiger partial charge on any atom is -0.493 e. The molecule has 0 spiro atoms. The summed E-state index contributed by atoms with van der Waals surface area (Å²) < 4.78 is 21.5. The molecule has 0 unspecified atom stereocenters. The van der Waals surface area contributed by atoms with Crippen molar-refractivity contribution in [1.29, 1.82) is 0 Å². The lowest BCUT2D eigenvalue weighted by Crippen LogP contribution is -2.50. The van der Waals surface area contributed by atoms with E-state index in [-0.39, 0.29) is 12.8 Å². The zero-order chi connectivity index (χ0) is 22.5. The van der Waals surface area contributed by atoms with Crippen molar-refractivity contribution in [3.8, 4) is 23.0 Å². The first-order chi connectivity index (χ1) is 15.6. The molecule has 8 heteroatoms. The van der Waals surface area contributed by atoms with Gasteiger partial charge < -0.3 is 34.1 Å². The number of likely N-dealkylation sites (tertiary alicyclic amines) is 1. The SMILES string of the molecule is COc1ccc(CCN(C)[C@@H]2CCCN(C(=O)Nc3ccc4c(c3)OCO4)C2)cc1OC. The molecule has 8 nitrogen and oxygen atoms in total. The Hall–Kier alpha value is -3.13. The highest BCUT2D eigenvalue weighted by molar-refractivity contribution is 5.89. The van der Waals surface area contributed by atoms with Gasteiger partial charge in [0.1, 0.15) is 0 Å². The maximum absolute atomic E-state index is 12.8. The normalized spacial score (nSPS) is 17.4. The lowest BCUT2D eigenvalue weighted by Gasteiger charge is -2.37. The Morgan fingerprint density at radius 3 is 2.75 bits per heavy atom. The van der Waals surface area contributed by atoms with Gasteiger partial charge in [0.2, 0.25) is 6.79 Å². The second-order valence-electron chi connectivity index (χ2n) is 8.16. The van der Waals surface area contributed by atoms with Gasteiger partial charge in [-0.05, 0) is 56.1 Å². The minimum absolute atomic E-state index is 0.0816. The van der Waals surface area contributed by atoms with Crippen LogP contribution in [0.4, 0.5) is 10.5 Å². The van der Waals surface area contributed by atoms with E-state index < -0.39 is 0 Å². The molecule has 2 aliphatic rings. The quantitative estimate of drug-likeness (QED) is 0.708. The van der Waals surface area contributed by atoms with Gasteiger partial charge in [0.15, 0.2) is 23.0 Å². The van der Waals surface area contributed by atoms with Crippen LogP contribution in [-0.2, 0) is 6.42 Å². The first-order valence-electron chi connectivity index (χ1n) is 10.9. The van der Waals surface area contributed by atoms with Crippen molar-refractivity contribution < 1.29 is 23.7 Å². The predicted molar refractivity (Wildman–Crippen MR) is 122 cm³/mol. The van der Waals surface area contributed by atoms with E-state index in [1.807, 2.05) is 29.2 Å². The number of urea groups is 1. The first kappa shape index (κ1) is 22.1. The number of anilines is 1. The van der Waals surface area contributed by atoms with Crippen molar-refractivity contribution in [2.45, 2.75) is 25.3 Å². The summed E-state index contributed by atoms with van der Waals surface area (Å²) in [5.41, 5.74) is 1.91. The lowest BCUT2D eigenvalue weighted by molar-refractivity contribution is 0.133. The number of carbonyl (C=O) groups excluding carboxylic acids is 1. The van der Waals surface area contributed by atoms with Crippen LogP contribution < -0.4 is 24.3 Å². The van der Waals surface area contributed by atoms with E-state index in [0.29, 0.717) is 29.8 Å². The van der Waals surface area contributed by atoms with E-state index in [1.165, 1.54) is 5.56 Å². The molecular weight excluding hydrogens is 410 g/mol. The van der Waals surface area contributed by atoms with E-state index in [0.717, 1.165) is 43.9 Å². The second-order valence-corrected chi connectivity index (χ2v) is 8.16. The molecule has 2 aromatic carbocycles. The van der Waals surface area contributed by atoms with Gasteiger partial charge in [-0.1, -0.05) is 6.07 Å². The van der Waals surface area contributed by atoms with Gasteiger partial charge in [-0.25, -0.2) is 4.79 Å². The highest BCUT2D eigenvalue weighted by Gasteiger charge is 2.26. The van der Waals surface area contributed by atoms with Crippen molar-refractivity contribution >= 4 is 11.7 Å². The molecule has 2 aliphatic heterocycles. The van der Waals surface area contributed by atoms with Gasteiger partial charge in [-0.3, -0.25) is 0 Å². The van der Waals surface area contributed by atoms with Gasteiger partial charge in [-0.15, -0.1) is 0 Å². The number of fused-ring (bicyclic) bond motifs is 1. The smallest absolute Gasteiger partial charge is 0.321 e. The van der Waals surface area contributed by atoms with Crippen LogP contribution in [0.5, 0.6) is 23.0 Å². The average Bonchev–Trinajstić information content (AvgIpc) is 3.30. The van der Waals surface area contributed by atoms with Crippen LogP contribution in [0, 0.1) is 0 Å². The number of nitrogens with one attached hydrogen (secondary N) is 1. The molecule has 0 radical (unpaired) electrons. The van der Waals surface area contributed by atoms with Gasteiger partial charge in [0, 0.05) is 37.4 Å². The Morgan fingerprint density at radius 2 is 1.94 bits per heavy atom. The molecule has 0 aliphatic carbocycles. The monoisotopic (exact) mass is 441 g/mol. The van der Waals surface area contributed by atoms with Crippen LogP contribution in [0.25, 0.3) is 0 Å². The summed E-state index contributed by atoms with van der Waals surface area (Å²) in [5, 5.41) is 2.99. The van der Waals surface area contributed by atoms with E-state index in [1.54, 1.807) is 20.3 Å². The number of amides is 2. The molecule has 2 amide bonds. The zero-order valence-electron chi connectivity index (χ0n) is 18.9. The predicted octanol–water partition coefficient (Wildman–Crippen LogP) is 3.60. The zero-order valence-corrected chi connectivity index (χ0v) is 18.9. The fraction of sp³-hybridized carbons (Fsp3) is 0.458. The number of methoxy groups -OCH3 is 2. The minimum atomic E-state index is -0.0816. The van der Waals surface area contributed by atoms with Crippen molar-refractivity contribution in [1.82, 2.24) is 9.80 Å². The summed E-state index contributed by atoms with van der Waals surface area (Å²) in [7, 11) is 5.42. The number of piperidine rings is 1. The molecule has 1 saturated heterocycles. The van der Waals surface area contributed by atoms with Crippen LogP contribution >= 0.6 is 0 Å². The number of benzene rings is 2. The fourth-order valence-corrected chi connectivity index (χ4v) is 4.20. The Bertz CT molecular complexity index is 951. The van der Waals surface area contributed by atoms with Gasteiger partial charge in [0.25, 0.3) is 0 Å². The number of rotatable bonds is 7. The Balaban J connectivity index is 1.30. The molecule has 1 N–H and O–H groups in total. The largest absolute Gasteiger partial charge is 0.493 e. The van der Waals surface area contributed by atoms with E-state index in [9.17, 15) is 4.79 Å². The van der Waals surface area contributed by atoms with Crippen molar-refractivity contribution in [2.75, 3.05) is 53.0 Å².